The molecule has 10 heavy (non-hydrogen) atoms. The molecule has 0 unspecified atom stereocenters. The van der Waals surface area contributed by atoms with E-state index in [1.54, 1.807) is 0 Å². The zero-order chi connectivity index (χ0) is 7.40. The predicted octanol–water partition coefficient (Wildman–Crippen LogP) is 0.292. The van der Waals surface area contributed by atoms with Crippen LogP contribution in [-0.4, -0.2) is 15.8 Å². The number of rotatable bonds is 1. The number of ketones is 1. The Balaban J connectivity index is 2.99. The van der Waals surface area contributed by atoms with Crippen molar-refractivity contribution in [2.24, 2.45) is 0 Å². The van der Waals surface area contributed by atoms with Crippen LogP contribution in [0.1, 0.15) is 10.4 Å². The first-order chi connectivity index (χ1) is 4.84. The second kappa shape index (κ2) is 2.74. The number of carbonyl (C=O) groups is 1. The number of nitrogens with zero attached hydrogens (tertiary/aromatic N) is 2. The summed E-state index contributed by atoms with van der Waals surface area (Å²) in [6.07, 6.45) is 8.96. The minimum absolute atomic E-state index is 0.352. The van der Waals surface area contributed by atoms with Gasteiger partial charge >= 0.3 is 0 Å². The van der Waals surface area contributed by atoms with Gasteiger partial charge in [0, 0.05) is 12.4 Å². The Morgan fingerprint density at radius 3 is 2.60 bits per heavy atom. The number of Topliss-reactive ketones (excluding diaryl/α,β-unsaturated/α-hetero) is 1. The van der Waals surface area contributed by atoms with E-state index in [4.69, 9.17) is 6.42 Å². The Morgan fingerprint density at radius 2 is 2.10 bits per heavy atom. The molecule has 0 spiro atoms. The summed E-state index contributed by atoms with van der Waals surface area (Å²) in [6.45, 7) is 0. The van der Waals surface area contributed by atoms with E-state index in [2.05, 4.69) is 9.97 Å². The standard InChI is InChI=1S/C7H4N2O/c1-2-7(10)6-3-8-5-9-4-6/h1,3-5H. The average Bonchev–Trinajstić information content (AvgIpc) is 2.05. The minimum Gasteiger partial charge on any atom is -0.279 e. The quantitative estimate of drug-likeness (QED) is 0.313. The highest BCUT2D eigenvalue weighted by atomic mass is 16.1. The Labute approximate surface area is 58.1 Å². The lowest BCUT2D eigenvalue weighted by atomic mass is 10.2. The van der Waals surface area contributed by atoms with Gasteiger partial charge in [-0.1, -0.05) is 0 Å². The van der Waals surface area contributed by atoms with E-state index in [0.717, 1.165) is 0 Å². The molecule has 1 aromatic rings. The molecule has 0 N–H and O–H groups in total. The van der Waals surface area contributed by atoms with Crippen molar-refractivity contribution in [3.63, 3.8) is 0 Å². The van der Waals surface area contributed by atoms with Gasteiger partial charge in [0.15, 0.2) is 0 Å². The van der Waals surface area contributed by atoms with E-state index in [-0.39, 0.29) is 5.78 Å². The number of hydrogen-bond donors (Lipinski definition) is 0. The molecular weight excluding hydrogens is 128 g/mol. The van der Waals surface area contributed by atoms with Crippen molar-refractivity contribution in [3.8, 4) is 12.3 Å². The Hall–Kier alpha value is -1.69. The van der Waals surface area contributed by atoms with Crippen molar-refractivity contribution in [2.75, 3.05) is 0 Å². The van der Waals surface area contributed by atoms with Gasteiger partial charge in [-0.15, -0.1) is 6.42 Å². The average molecular weight is 132 g/mol. The zero-order valence-corrected chi connectivity index (χ0v) is 5.11. The Morgan fingerprint density at radius 1 is 1.50 bits per heavy atom. The molecule has 0 aliphatic rings. The van der Waals surface area contributed by atoms with E-state index < -0.39 is 0 Å². The lowest BCUT2D eigenvalue weighted by Crippen LogP contribution is -1.95. The fourth-order valence-corrected chi connectivity index (χ4v) is 0.500. The van der Waals surface area contributed by atoms with Crippen LogP contribution in [0.2, 0.25) is 0 Å². The number of terminal acetylenes is 1. The molecule has 0 atom stereocenters. The van der Waals surface area contributed by atoms with Crippen LogP contribution in [-0.2, 0) is 0 Å². The number of aromatic nitrogens is 2. The van der Waals surface area contributed by atoms with E-state index >= 15 is 0 Å². The van der Waals surface area contributed by atoms with Crippen LogP contribution in [0.3, 0.4) is 0 Å². The molecular formula is C7H4N2O. The molecule has 0 bridgehead atoms. The van der Waals surface area contributed by atoms with E-state index in [9.17, 15) is 4.79 Å². The third-order valence-electron chi connectivity index (χ3n) is 0.954. The SMILES string of the molecule is C#CC(=O)c1cncnc1. The van der Waals surface area contributed by atoms with Crippen molar-refractivity contribution in [1.29, 1.82) is 0 Å². The van der Waals surface area contributed by atoms with Gasteiger partial charge in [0.05, 0.1) is 5.56 Å². The van der Waals surface area contributed by atoms with Crippen LogP contribution >= 0.6 is 0 Å². The summed E-state index contributed by atoms with van der Waals surface area (Å²) < 4.78 is 0. The summed E-state index contributed by atoms with van der Waals surface area (Å²) in [5.74, 6) is 1.57. The molecule has 0 aliphatic heterocycles. The van der Waals surface area contributed by atoms with Gasteiger partial charge in [-0.25, -0.2) is 9.97 Å². The minimum atomic E-state index is -0.388. The lowest BCUT2D eigenvalue weighted by Gasteiger charge is -1.87. The zero-order valence-electron chi connectivity index (χ0n) is 5.11. The molecule has 0 saturated carbocycles. The van der Waals surface area contributed by atoms with Crippen LogP contribution in [0.25, 0.3) is 0 Å². The maximum absolute atomic E-state index is 10.7. The van der Waals surface area contributed by atoms with Crippen LogP contribution in [0.4, 0.5) is 0 Å². The third-order valence-corrected chi connectivity index (χ3v) is 0.954. The van der Waals surface area contributed by atoms with Crippen molar-refractivity contribution >= 4 is 5.78 Å². The summed E-state index contributed by atoms with van der Waals surface area (Å²) in [4.78, 5) is 17.9. The fourth-order valence-electron chi connectivity index (χ4n) is 0.500. The summed E-state index contributed by atoms with van der Waals surface area (Å²) in [5.41, 5.74) is 0.352. The molecule has 0 aliphatic carbocycles. The monoisotopic (exact) mass is 132 g/mol. The van der Waals surface area contributed by atoms with Crippen molar-refractivity contribution in [2.45, 2.75) is 0 Å². The van der Waals surface area contributed by atoms with E-state index in [1.165, 1.54) is 18.7 Å². The highest BCUT2D eigenvalue weighted by Gasteiger charge is 1.98. The molecule has 3 nitrogen and oxygen atoms in total. The van der Waals surface area contributed by atoms with E-state index in [1.807, 2.05) is 5.92 Å². The third kappa shape index (κ3) is 1.17. The summed E-state index contributed by atoms with van der Waals surface area (Å²) >= 11 is 0. The first-order valence-electron chi connectivity index (χ1n) is 2.60. The summed E-state index contributed by atoms with van der Waals surface area (Å²) in [6, 6.07) is 0. The molecule has 0 aromatic carbocycles. The maximum atomic E-state index is 10.7. The summed E-state index contributed by atoms with van der Waals surface area (Å²) in [5, 5.41) is 0. The molecule has 48 valence electrons. The maximum Gasteiger partial charge on any atom is 0.238 e. The van der Waals surface area contributed by atoms with Gasteiger partial charge in [-0.2, -0.15) is 0 Å². The molecule has 1 aromatic heterocycles. The number of carbonyl (C=O) groups excluding carboxylic acids is 1. The van der Waals surface area contributed by atoms with Crippen molar-refractivity contribution in [3.05, 3.63) is 24.3 Å². The van der Waals surface area contributed by atoms with Crippen LogP contribution in [0.5, 0.6) is 0 Å². The van der Waals surface area contributed by atoms with Crippen LogP contribution < -0.4 is 0 Å². The van der Waals surface area contributed by atoms with Crippen molar-refractivity contribution < 1.29 is 4.79 Å². The first-order valence-corrected chi connectivity index (χ1v) is 2.60. The highest BCUT2D eigenvalue weighted by Crippen LogP contribution is 1.92. The normalized spacial score (nSPS) is 8.30. The summed E-state index contributed by atoms with van der Waals surface area (Å²) in [7, 11) is 0. The topological polar surface area (TPSA) is 42.9 Å². The molecule has 1 rings (SSSR count). The molecule has 3 heteroatoms. The Bertz CT molecular complexity index is 273. The first kappa shape index (κ1) is 6.43. The molecule has 0 amide bonds. The Kier molecular flexibility index (Phi) is 1.76. The van der Waals surface area contributed by atoms with Gasteiger partial charge in [0.2, 0.25) is 5.78 Å². The van der Waals surface area contributed by atoms with Gasteiger partial charge in [-0.05, 0) is 5.92 Å². The van der Waals surface area contributed by atoms with Gasteiger partial charge in [0.25, 0.3) is 0 Å². The van der Waals surface area contributed by atoms with E-state index in [0.29, 0.717) is 5.56 Å². The van der Waals surface area contributed by atoms with Gasteiger partial charge < -0.3 is 0 Å². The molecule has 0 fully saturated rings. The van der Waals surface area contributed by atoms with Crippen LogP contribution in [0, 0.1) is 12.3 Å². The molecule has 0 saturated heterocycles. The smallest absolute Gasteiger partial charge is 0.238 e. The predicted molar refractivity (Wildman–Crippen MR) is 35.2 cm³/mol. The van der Waals surface area contributed by atoms with Crippen LogP contribution in [0.15, 0.2) is 18.7 Å². The van der Waals surface area contributed by atoms with Gasteiger partial charge in [-0.3, -0.25) is 4.79 Å². The van der Waals surface area contributed by atoms with Crippen molar-refractivity contribution in [1.82, 2.24) is 9.97 Å². The highest BCUT2D eigenvalue weighted by molar-refractivity contribution is 6.08. The number of hydrogen-bond acceptors (Lipinski definition) is 3. The van der Waals surface area contributed by atoms with Gasteiger partial charge in [0.1, 0.15) is 6.33 Å². The fraction of sp³-hybridized carbons (Fsp3) is 0. The lowest BCUT2D eigenvalue weighted by molar-refractivity contribution is 0.105. The molecule has 0 radical (unpaired) electrons. The second-order valence-corrected chi connectivity index (χ2v) is 1.60. The second-order valence-electron chi connectivity index (χ2n) is 1.60. The molecule has 1 heterocycles. The largest absolute Gasteiger partial charge is 0.279 e.